The maximum Gasteiger partial charge on any atom is 0.311 e. The zero-order valence-corrected chi connectivity index (χ0v) is 67.6. The van der Waals surface area contributed by atoms with Crippen molar-refractivity contribution in [2.45, 2.75) is 408 Å². The highest BCUT2D eigenvalue weighted by Crippen LogP contribution is 2.39. The molecule has 612 valence electrons. The van der Waals surface area contributed by atoms with E-state index in [9.17, 15) is 47.9 Å². The maximum atomic E-state index is 14.8. The molecule has 0 spiro atoms. The average Bonchev–Trinajstić information content (AvgIpc) is 0.761. The minimum Gasteiger partial charge on any atom is -0.462 e. The van der Waals surface area contributed by atoms with Crippen molar-refractivity contribution in [3.63, 3.8) is 0 Å². The number of nitrogens with one attached hydrogen (secondary N) is 1. The van der Waals surface area contributed by atoms with E-state index in [0.717, 1.165) is 99.3 Å². The standard InChI is InChI=1S/C80H138N2O24/c1-17-19-21-23-25-27-29-31-33-35-37-39-41-43-45-47-49-81-63(89)52-82(64(90)48-46-44-42-40-38-36-34-32-30-28-26-24-22-20-18-2)50-51-93-74-71(105-76-73(102-61(10)88)69(100-59(8)86)66(55(4)96-76)98-57(6)84)70(106-78(92)80(14,15)16)67(62(103-74)53-94-77(91)79(11,12)13)104-75-72(101-60(9)87)68(99-58(7)85)65(54(3)95-75)97-56(5)83/h54-55,62,65-76H,17-53H2,1-16H3,(H,81,89)/t54-,55-,62+,65-,66-,67+,68+,69+,70-,71+,72+,73+,74+,75-,76-/m0/s1. The van der Waals surface area contributed by atoms with Crippen LogP contribution in [-0.2, 0) is 114 Å². The summed E-state index contributed by atoms with van der Waals surface area (Å²) in [5, 5.41) is 3.02. The third kappa shape index (κ3) is 37.7. The summed E-state index contributed by atoms with van der Waals surface area (Å²) in [5.41, 5.74) is -2.43. The van der Waals surface area contributed by atoms with E-state index < -0.39 is 164 Å². The van der Waals surface area contributed by atoms with Crippen LogP contribution < -0.4 is 5.32 Å². The van der Waals surface area contributed by atoms with E-state index in [4.69, 9.17) is 66.3 Å². The number of rotatable bonds is 52. The Bertz CT molecular complexity index is 2590. The second-order valence-corrected chi connectivity index (χ2v) is 31.1. The SMILES string of the molecule is CCCCCCCCCCCCCCCCCCNC(=O)CN(CCO[C@@H]1O[C@H](COC(=O)C(C)(C)C)[C@@H](O[C@@H]2O[C@@H](C)[C@H](OC(C)=O)[C@@H](OC(C)=O)[C@H]2OC(C)=O)[C@H](OC(=O)C(C)(C)C)[C@H]1O[C@@H]1O[C@@H](C)[C@H](OC(C)=O)[C@@H](OC(C)=O)[C@H]1OC(C)=O)C(=O)CCCCCCCCCCCCCCCCC. The van der Waals surface area contributed by atoms with Gasteiger partial charge in [-0.3, -0.25) is 47.9 Å². The molecule has 26 heteroatoms. The Morgan fingerprint density at radius 3 is 1.07 bits per heavy atom. The predicted octanol–water partition coefficient (Wildman–Crippen LogP) is 13.6. The van der Waals surface area contributed by atoms with Crippen LogP contribution in [0.5, 0.6) is 0 Å². The zero-order valence-electron chi connectivity index (χ0n) is 67.6. The molecule has 0 aromatic rings. The van der Waals surface area contributed by atoms with Gasteiger partial charge in [-0.2, -0.15) is 0 Å². The molecule has 3 aliphatic rings. The molecule has 3 aliphatic heterocycles. The summed E-state index contributed by atoms with van der Waals surface area (Å²) < 4.78 is 86.9. The van der Waals surface area contributed by atoms with Crippen LogP contribution in [0.3, 0.4) is 0 Å². The Morgan fingerprint density at radius 1 is 0.368 bits per heavy atom. The highest BCUT2D eigenvalue weighted by molar-refractivity contribution is 5.84. The first-order chi connectivity index (χ1) is 50.3. The van der Waals surface area contributed by atoms with Gasteiger partial charge in [-0.25, -0.2) is 0 Å². The molecule has 0 aromatic carbocycles. The van der Waals surface area contributed by atoms with Crippen molar-refractivity contribution in [1.82, 2.24) is 10.2 Å². The first-order valence-electron chi connectivity index (χ1n) is 40.1. The van der Waals surface area contributed by atoms with Gasteiger partial charge in [0.2, 0.25) is 11.8 Å². The molecule has 0 unspecified atom stereocenters. The zero-order chi connectivity index (χ0) is 78.8. The van der Waals surface area contributed by atoms with Gasteiger partial charge in [0.25, 0.3) is 0 Å². The summed E-state index contributed by atoms with van der Waals surface area (Å²) in [6.45, 7) is 22.2. The largest absolute Gasteiger partial charge is 0.462 e. The van der Waals surface area contributed by atoms with Gasteiger partial charge < -0.3 is 76.5 Å². The highest BCUT2D eigenvalue weighted by Gasteiger charge is 2.60. The van der Waals surface area contributed by atoms with Crippen LogP contribution >= 0.6 is 0 Å². The van der Waals surface area contributed by atoms with Crippen LogP contribution in [0.25, 0.3) is 0 Å². The van der Waals surface area contributed by atoms with Crippen LogP contribution in [0.15, 0.2) is 0 Å². The number of hydrogen-bond acceptors (Lipinski definition) is 24. The molecule has 3 saturated heterocycles. The number of carbonyl (C=O) groups excluding carboxylic acids is 10. The average molecular weight is 1510 g/mol. The number of hydrogen-bond donors (Lipinski definition) is 1. The number of unbranched alkanes of at least 4 members (excludes halogenated alkanes) is 29. The quantitative estimate of drug-likeness (QED) is 0.0336. The summed E-state index contributed by atoms with van der Waals surface area (Å²) in [6, 6.07) is 0. The molecule has 3 fully saturated rings. The number of carbonyl (C=O) groups is 10. The first-order valence-corrected chi connectivity index (χ1v) is 40.1. The second kappa shape index (κ2) is 51.8. The molecular weight excluding hydrogens is 1370 g/mol. The summed E-state index contributed by atoms with van der Waals surface area (Å²) in [7, 11) is 0. The van der Waals surface area contributed by atoms with Gasteiger partial charge in [-0.15, -0.1) is 0 Å². The van der Waals surface area contributed by atoms with Gasteiger partial charge in [-0.1, -0.05) is 200 Å². The Balaban J connectivity index is 2.13. The Hall–Kier alpha value is -5.54. The molecule has 0 aliphatic carbocycles. The molecule has 3 heterocycles. The molecule has 106 heavy (non-hydrogen) atoms. The van der Waals surface area contributed by atoms with E-state index in [-0.39, 0.29) is 31.3 Å². The van der Waals surface area contributed by atoms with Gasteiger partial charge >= 0.3 is 47.8 Å². The Labute approximate surface area is 633 Å². The van der Waals surface area contributed by atoms with E-state index >= 15 is 0 Å². The van der Waals surface area contributed by atoms with E-state index in [1.807, 2.05) is 0 Å². The highest BCUT2D eigenvalue weighted by atomic mass is 16.8. The van der Waals surface area contributed by atoms with Crippen molar-refractivity contribution < 1.29 is 114 Å². The fraction of sp³-hybridized carbons (Fsp3) is 0.875. The lowest BCUT2D eigenvalue weighted by Crippen LogP contribution is -2.68. The molecule has 3 rings (SSSR count). The van der Waals surface area contributed by atoms with Crippen molar-refractivity contribution in [3.05, 3.63) is 0 Å². The van der Waals surface area contributed by atoms with Crippen LogP contribution in [0.2, 0.25) is 0 Å². The van der Waals surface area contributed by atoms with Crippen molar-refractivity contribution in [1.29, 1.82) is 0 Å². The fourth-order valence-electron chi connectivity index (χ4n) is 13.2. The lowest BCUT2D eigenvalue weighted by molar-refractivity contribution is -0.385. The van der Waals surface area contributed by atoms with Crippen molar-refractivity contribution in [3.8, 4) is 0 Å². The third-order valence-corrected chi connectivity index (χ3v) is 19.0. The van der Waals surface area contributed by atoms with Crippen molar-refractivity contribution in [2.75, 3.05) is 32.8 Å². The second-order valence-electron chi connectivity index (χ2n) is 31.1. The minimum atomic E-state index is -1.87. The smallest absolute Gasteiger partial charge is 0.311 e. The lowest BCUT2D eigenvalue weighted by atomic mass is 9.94. The predicted molar refractivity (Wildman–Crippen MR) is 395 cm³/mol. The maximum absolute atomic E-state index is 14.8. The summed E-state index contributed by atoms with van der Waals surface area (Å²) in [5.74, 6) is -7.55. The van der Waals surface area contributed by atoms with Crippen molar-refractivity contribution >= 4 is 59.6 Å². The minimum absolute atomic E-state index is 0.129. The van der Waals surface area contributed by atoms with Crippen LogP contribution in [0.4, 0.5) is 0 Å². The van der Waals surface area contributed by atoms with Crippen LogP contribution in [0.1, 0.15) is 316 Å². The molecule has 0 radical (unpaired) electrons. The van der Waals surface area contributed by atoms with E-state index in [1.165, 1.54) is 154 Å². The van der Waals surface area contributed by atoms with Gasteiger partial charge in [0, 0.05) is 61.1 Å². The Morgan fingerprint density at radius 2 is 0.698 bits per heavy atom. The molecule has 26 nitrogen and oxygen atoms in total. The van der Waals surface area contributed by atoms with Gasteiger partial charge in [0.05, 0.1) is 36.2 Å². The molecule has 2 amide bonds. The molecule has 0 aromatic heterocycles. The number of nitrogens with zero attached hydrogens (tertiary/aromatic N) is 1. The van der Waals surface area contributed by atoms with Gasteiger partial charge in [-0.05, 0) is 68.2 Å². The van der Waals surface area contributed by atoms with Gasteiger partial charge in [0.1, 0.15) is 18.8 Å². The monoisotopic (exact) mass is 1510 g/mol. The third-order valence-electron chi connectivity index (χ3n) is 19.0. The van der Waals surface area contributed by atoms with E-state index in [2.05, 4.69) is 19.2 Å². The topological polar surface area (TPSA) is 315 Å². The van der Waals surface area contributed by atoms with E-state index in [0.29, 0.717) is 13.0 Å². The van der Waals surface area contributed by atoms with Crippen LogP contribution in [-0.4, -0.2) is 189 Å². The Kier molecular flexibility index (Phi) is 46.2. The lowest BCUT2D eigenvalue weighted by Gasteiger charge is -2.50. The van der Waals surface area contributed by atoms with Crippen molar-refractivity contribution in [2.24, 2.45) is 10.8 Å². The van der Waals surface area contributed by atoms with Crippen LogP contribution in [0, 0.1) is 10.8 Å². The number of amides is 2. The molecule has 1 N–H and O–H groups in total. The molecular formula is C80H138N2O24. The van der Waals surface area contributed by atoms with E-state index in [1.54, 1.807) is 41.5 Å². The summed E-state index contributed by atoms with van der Waals surface area (Å²) in [6.07, 6.45) is 12.0. The first kappa shape index (κ1) is 94.7. The number of esters is 8. The normalized spacial score (nSPS) is 24.6. The summed E-state index contributed by atoms with van der Waals surface area (Å²) >= 11 is 0. The number of ether oxygens (including phenoxy) is 14. The molecule has 0 bridgehead atoms. The fourth-order valence-corrected chi connectivity index (χ4v) is 13.2. The molecule has 15 atom stereocenters. The summed E-state index contributed by atoms with van der Waals surface area (Å²) in [4.78, 5) is 136. The molecule has 0 saturated carbocycles. The van der Waals surface area contributed by atoms with Gasteiger partial charge in [0.15, 0.2) is 67.7 Å².